The normalized spacial score (nSPS) is 23.9. The Bertz CT molecular complexity index is 434. The van der Waals surface area contributed by atoms with E-state index in [4.69, 9.17) is 9.72 Å². The third-order valence-corrected chi connectivity index (χ3v) is 4.31. The Balaban J connectivity index is 1.79. The van der Waals surface area contributed by atoms with Gasteiger partial charge < -0.3 is 14.5 Å². The lowest BCUT2D eigenvalue weighted by atomic mass is 10.0. The summed E-state index contributed by atoms with van der Waals surface area (Å²) >= 11 is 0. The fraction of sp³-hybridized carbons (Fsp3) is 0.733. The number of hydrogen-bond acceptors (Lipinski definition) is 5. The molecule has 2 fully saturated rings. The lowest BCUT2D eigenvalue weighted by Crippen LogP contribution is -2.41. The maximum Gasteiger partial charge on any atom is 0.227 e. The molecule has 20 heavy (non-hydrogen) atoms. The maximum absolute atomic E-state index is 5.39. The second-order valence-electron chi connectivity index (χ2n) is 5.57. The first-order valence-corrected chi connectivity index (χ1v) is 7.81. The molecule has 0 aromatic carbocycles. The highest BCUT2D eigenvalue weighted by molar-refractivity contribution is 5.45. The largest absolute Gasteiger partial charge is 0.378 e. The SMILES string of the molecule is CCC1CCCCN1c1ccnc(N2CCOCC2)n1. The van der Waals surface area contributed by atoms with E-state index in [1.165, 1.54) is 25.7 Å². The molecule has 0 bridgehead atoms. The maximum atomic E-state index is 5.39. The molecular weight excluding hydrogens is 252 g/mol. The standard InChI is InChI=1S/C15H24N4O/c1-2-13-5-3-4-8-19(13)14-6-7-16-15(17-14)18-9-11-20-12-10-18/h6-7,13H,2-5,8-12H2,1H3. The summed E-state index contributed by atoms with van der Waals surface area (Å²) in [4.78, 5) is 13.9. The summed E-state index contributed by atoms with van der Waals surface area (Å²) in [6, 6.07) is 2.69. The number of anilines is 2. The smallest absolute Gasteiger partial charge is 0.227 e. The zero-order chi connectivity index (χ0) is 13.8. The van der Waals surface area contributed by atoms with Crippen LogP contribution in [0.15, 0.2) is 12.3 Å². The van der Waals surface area contributed by atoms with Gasteiger partial charge in [-0.25, -0.2) is 4.98 Å². The highest BCUT2D eigenvalue weighted by atomic mass is 16.5. The topological polar surface area (TPSA) is 41.5 Å². The minimum atomic E-state index is 0.635. The summed E-state index contributed by atoms with van der Waals surface area (Å²) < 4.78 is 5.39. The van der Waals surface area contributed by atoms with Gasteiger partial charge >= 0.3 is 0 Å². The van der Waals surface area contributed by atoms with Crippen LogP contribution in [0.25, 0.3) is 0 Å². The Labute approximate surface area is 121 Å². The molecule has 5 heteroatoms. The summed E-state index contributed by atoms with van der Waals surface area (Å²) in [5.41, 5.74) is 0. The predicted octanol–water partition coefficient (Wildman–Crippen LogP) is 2.08. The van der Waals surface area contributed by atoms with E-state index in [1.54, 1.807) is 0 Å². The van der Waals surface area contributed by atoms with Gasteiger partial charge in [-0.05, 0) is 31.7 Å². The molecule has 5 nitrogen and oxygen atoms in total. The number of aromatic nitrogens is 2. The number of hydrogen-bond donors (Lipinski definition) is 0. The Morgan fingerprint density at radius 3 is 2.90 bits per heavy atom. The quantitative estimate of drug-likeness (QED) is 0.845. The van der Waals surface area contributed by atoms with Crippen LogP contribution in [0.3, 0.4) is 0 Å². The van der Waals surface area contributed by atoms with E-state index in [1.807, 2.05) is 6.20 Å². The number of morpholine rings is 1. The van der Waals surface area contributed by atoms with Crippen LogP contribution in [-0.2, 0) is 4.74 Å². The average Bonchev–Trinajstić information content (AvgIpc) is 2.56. The Kier molecular flexibility index (Phi) is 4.35. The molecular formula is C15H24N4O. The van der Waals surface area contributed by atoms with Gasteiger partial charge in [0.05, 0.1) is 13.2 Å². The van der Waals surface area contributed by atoms with Gasteiger partial charge in [0.25, 0.3) is 0 Å². The van der Waals surface area contributed by atoms with Gasteiger partial charge in [0.15, 0.2) is 0 Å². The van der Waals surface area contributed by atoms with Crippen molar-refractivity contribution in [3.8, 4) is 0 Å². The van der Waals surface area contributed by atoms with Gasteiger partial charge in [-0.2, -0.15) is 4.98 Å². The third kappa shape index (κ3) is 2.87. The molecule has 0 radical (unpaired) electrons. The van der Waals surface area contributed by atoms with Crippen molar-refractivity contribution < 1.29 is 4.74 Å². The van der Waals surface area contributed by atoms with Crippen molar-refractivity contribution in [2.45, 2.75) is 38.6 Å². The van der Waals surface area contributed by atoms with Crippen LogP contribution in [0.1, 0.15) is 32.6 Å². The molecule has 1 aromatic heterocycles. The lowest BCUT2D eigenvalue weighted by Gasteiger charge is -2.36. The van der Waals surface area contributed by atoms with Crippen LogP contribution in [0.5, 0.6) is 0 Å². The zero-order valence-electron chi connectivity index (χ0n) is 12.3. The molecule has 2 aliphatic rings. The van der Waals surface area contributed by atoms with Crippen LogP contribution < -0.4 is 9.80 Å². The van der Waals surface area contributed by atoms with E-state index in [-0.39, 0.29) is 0 Å². The van der Waals surface area contributed by atoms with Gasteiger partial charge in [-0.3, -0.25) is 0 Å². The van der Waals surface area contributed by atoms with Crippen molar-refractivity contribution >= 4 is 11.8 Å². The monoisotopic (exact) mass is 276 g/mol. The molecule has 0 saturated carbocycles. The zero-order valence-corrected chi connectivity index (χ0v) is 12.3. The van der Waals surface area contributed by atoms with E-state index in [2.05, 4.69) is 27.8 Å². The van der Waals surface area contributed by atoms with Crippen LogP contribution in [0.2, 0.25) is 0 Å². The minimum Gasteiger partial charge on any atom is -0.378 e. The second kappa shape index (κ2) is 6.39. The van der Waals surface area contributed by atoms with Crippen molar-refractivity contribution in [1.29, 1.82) is 0 Å². The summed E-state index contributed by atoms with van der Waals surface area (Å²) in [6.07, 6.45) is 6.99. The number of ether oxygens (including phenoxy) is 1. The van der Waals surface area contributed by atoms with Crippen molar-refractivity contribution in [2.24, 2.45) is 0 Å². The summed E-state index contributed by atoms with van der Waals surface area (Å²) in [7, 11) is 0. The van der Waals surface area contributed by atoms with Gasteiger partial charge in [0.2, 0.25) is 5.95 Å². The predicted molar refractivity (Wildman–Crippen MR) is 80.3 cm³/mol. The summed E-state index contributed by atoms with van der Waals surface area (Å²) in [6.45, 7) is 6.72. The van der Waals surface area contributed by atoms with E-state index < -0.39 is 0 Å². The van der Waals surface area contributed by atoms with Crippen LogP contribution in [0.4, 0.5) is 11.8 Å². The Morgan fingerprint density at radius 1 is 1.25 bits per heavy atom. The Hall–Kier alpha value is -1.36. The lowest BCUT2D eigenvalue weighted by molar-refractivity contribution is 0.122. The number of nitrogens with zero attached hydrogens (tertiary/aromatic N) is 4. The highest BCUT2D eigenvalue weighted by Crippen LogP contribution is 2.25. The van der Waals surface area contributed by atoms with Crippen molar-refractivity contribution in [3.63, 3.8) is 0 Å². The summed E-state index contributed by atoms with van der Waals surface area (Å²) in [5.74, 6) is 1.94. The molecule has 3 rings (SSSR count). The van der Waals surface area contributed by atoms with Crippen LogP contribution >= 0.6 is 0 Å². The fourth-order valence-corrected chi connectivity index (χ4v) is 3.14. The number of piperidine rings is 1. The van der Waals surface area contributed by atoms with Gasteiger partial charge in [0.1, 0.15) is 5.82 Å². The van der Waals surface area contributed by atoms with Gasteiger partial charge in [-0.15, -0.1) is 0 Å². The molecule has 0 aliphatic carbocycles. The highest BCUT2D eigenvalue weighted by Gasteiger charge is 2.23. The molecule has 2 saturated heterocycles. The minimum absolute atomic E-state index is 0.635. The molecule has 1 atom stereocenters. The van der Waals surface area contributed by atoms with Crippen LogP contribution in [-0.4, -0.2) is 48.9 Å². The van der Waals surface area contributed by atoms with Gasteiger partial charge in [0, 0.05) is 31.9 Å². The van der Waals surface area contributed by atoms with Crippen molar-refractivity contribution in [2.75, 3.05) is 42.6 Å². The van der Waals surface area contributed by atoms with E-state index in [0.717, 1.165) is 44.6 Å². The van der Waals surface area contributed by atoms with E-state index in [0.29, 0.717) is 6.04 Å². The summed E-state index contributed by atoms with van der Waals surface area (Å²) in [5, 5.41) is 0. The third-order valence-electron chi connectivity index (χ3n) is 4.31. The van der Waals surface area contributed by atoms with E-state index >= 15 is 0 Å². The second-order valence-corrected chi connectivity index (χ2v) is 5.57. The molecule has 0 N–H and O–H groups in total. The average molecular weight is 276 g/mol. The fourth-order valence-electron chi connectivity index (χ4n) is 3.14. The first kappa shape index (κ1) is 13.6. The van der Waals surface area contributed by atoms with Gasteiger partial charge in [-0.1, -0.05) is 6.92 Å². The molecule has 110 valence electrons. The molecule has 1 unspecified atom stereocenters. The molecule has 0 spiro atoms. The molecule has 3 heterocycles. The van der Waals surface area contributed by atoms with Crippen molar-refractivity contribution in [3.05, 3.63) is 12.3 Å². The molecule has 2 aliphatic heterocycles. The number of rotatable bonds is 3. The molecule has 0 amide bonds. The Morgan fingerprint density at radius 2 is 2.10 bits per heavy atom. The first-order chi connectivity index (χ1) is 9.88. The van der Waals surface area contributed by atoms with Crippen molar-refractivity contribution in [1.82, 2.24) is 9.97 Å². The molecule has 1 aromatic rings. The van der Waals surface area contributed by atoms with E-state index in [9.17, 15) is 0 Å². The first-order valence-electron chi connectivity index (χ1n) is 7.81. The van der Waals surface area contributed by atoms with Crippen LogP contribution in [0, 0.1) is 0 Å².